The van der Waals surface area contributed by atoms with Gasteiger partial charge in [0.15, 0.2) is 0 Å². The topological polar surface area (TPSA) is 71.0 Å². The smallest absolute Gasteiger partial charge is 0.326 e. The zero-order valence-electron chi connectivity index (χ0n) is 11.5. The number of ether oxygens (including phenoxy) is 1. The molecule has 2 rings (SSSR count). The Bertz CT molecular complexity index is 528. The van der Waals surface area contributed by atoms with Crippen molar-refractivity contribution >= 4 is 23.5 Å². The summed E-state index contributed by atoms with van der Waals surface area (Å²) in [6.07, 6.45) is 0. The minimum absolute atomic E-state index is 0.129. The molecule has 0 saturated carbocycles. The van der Waals surface area contributed by atoms with Gasteiger partial charge in [-0.25, -0.2) is 4.99 Å². The summed E-state index contributed by atoms with van der Waals surface area (Å²) in [6, 6.07) is 8.87. The third-order valence-electron chi connectivity index (χ3n) is 2.82. The van der Waals surface area contributed by atoms with Gasteiger partial charge in [-0.3, -0.25) is 14.5 Å². The zero-order chi connectivity index (χ0) is 14.5. The molecule has 1 aromatic rings. The number of carbonyl (C=O) groups is 2. The van der Waals surface area contributed by atoms with E-state index in [0.717, 1.165) is 5.69 Å². The summed E-state index contributed by atoms with van der Waals surface area (Å²) < 4.78 is 4.87. The number of esters is 1. The molecule has 1 N–H and O–H groups in total. The molecular formula is C14H17N3O3. The van der Waals surface area contributed by atoms with Gasteiger partial charge in [-0.2, -0.15) is 0 Å². The summed E-state index contributed by atoms with van der Waals surface area (Å²) >= 11 is 0. The van der Waals surface area contributed by atoms with Crippen LogP contribution in [0, 0.1) is 0 Å². The fourth-order valence-corrected chi connectivity index (χ4v) is 1.88. The molecule has 6 heteroatoms. The van der Waals surface area contributed by atoms with Crippen molar-refractivity contribution in [3.63, 3.8) is 0 Å². The second kappa shape index (κ2) is 6.18. The van der Waals surface area contributed by atoms with Crippen LogP contribution in [0.1, 0.15) is 13.8 Å². The maximum absolute atomic E-state index is 12.0. The van der Waals surface area contributed by atoms with Crippen molar-refractivity contribution in [1.82, 2.24) is 4.90 Å². The van der Waals surface area contributed by atoms with Crippen LogP contribution in [0.2, 0.25) is 0 Å². The van der Waals surface area contributed by atoms with Gasteiger partial charge in [-0.15, -0.1) is 0 Å². The summed E-state index contributed by atoms with van der Waals surface area (Å²) in [7, 11) is 0. The lowest BCUT2D eigenvalue weighted by Crippen LogP contribution is -2.42. The van der Waals surface area contributed by atoms with E-state index in [-0.39, 0.29) is 19.1 Å². The zero-order valence-corrected chi connectivity index (χ0v) is 11.5. The second-order valence-corrected chi connectivity index (χ2v) is 4.35. The predicted octanol–water partition coefficient (Wildman–Crippen LogP) is 1.25. The molecule has 1 atom stereocenters. The third kappa shape index (κ3) is 3.14. The Labute approximate surface area is 117 Å². The number of para-hydroxylation sites is 1. The van der Waals surface area contributed by atoms with E-state index in [1.807, 2.05) is 30.3 Å². The number of amides is 1. The summed E-state index contributed by atoms with van der Waals surface area (Å²) in [4.78, 5) is 29.1. The van der Waals surface area contributed by atoms with Gasteiger partial charge in [0.25, 0.3) is 5.91 Å². The van der Waals surface area contributed by atoms with Crippen molar-refractivity contribution in [3.05, 3.63) is 30.3 Å². The van der Waals surface area contributed by atoms with E-state index >= 15 is 0 Å². The van der Waals surface area contributed by atoms with Crippen LogP contribution in [0.25, 0.3) is 0 Å². The molecule has 1 heterocycles. The predicted molar refractivity (Wildman–Crippen MR) is 75.3 cm³/mol. The average molecular weight is 275 g/mol. The van der Waals surface area contributed by atoms with Gasteiger partial charge in [0.2, 0.25) is 5.96 Å². The molecule has 20 heavy (non-hydrogen) atoms. The molecule has 106 valence electrons. The van der Waals surface area contributed by atoms with Crippen LogP contribution in [0.3, 0.4) is 0 Å². The number of carbonyl (C=O) groups excluding carboxylic acids is 2. The van der Waals surface area contributed by atoms with Crippen LogP contribution in [-0.4, -0.2) is 41.9 Å². The average Bonchev–Trinajstić information content (AvgIpc) is 2.68. The first-order chi connectivity index (χ1) is 9.61. The number of hydrogen-bond acceptors (Lipinski definition) is 5. The number of rotatable bonds is 4. The van der Waals surface area contributed by atoms with Crippen molar-refractivity contribution in [2.45, 2.75) is 19.9 Å². The van der Waals surface area contributed by atoms with Crippen LogP contribution in [0.15, 0.2) is 35.3 Å². The monoisotopic (exact) mass is 275 g/mol. The Balaban J connectivity index is 2.10. The van der Waals surface area contributed by atoms with Crippen LogP contribution in [0.4, 0.5) is 5.69 Å². The Morgan fingerprint density at radius 1 is 1.40 bits per heavy atom. The van der Waals surface area contributed by atoms with Gasteiger partial charge in [0.05, 0.1) is 6.61 Å². The normalized spacial score (nSPS) is 17.9. The van der Waals surface area contributed by atoms with E-state index in [4.69, 9.17) is 4.74 Å². The van der Waals surface area contributed by atoms with Crippen LogP contribution < -0.4 is 5.32 Å². The number of guanidine groups is 1. The first kappa shape index (κ1) is 14.0. The minimum Gasteiger partial charge on any atom is -0.465 e. The lowest BCUT2D eigenvalue weighted by atomic mass is 10.3. The molecule has 1 amide bonds. The van der Waals surface area contributed by atoms with Gasteiger partial charge < -0.3 is 10.1 Å². The van der Waals surface area contributed by atoms with Crippen molar-refractivity contribution in [3.8, 4) is 0 Å². The molecule has 0 aliphatic carbocycles. The van der Waals surface area contributed by atoms with Crippen molar-refractivity contribution in [2.75, 3.05) is 18.5 Å². The van der Waals surface area contributed by atoms with Gasteiger partial charge in [-0.1, -0.05) is 18.2 Å². The Morgan fingerprint density at radius 3 is 2.75 bits per heavy atom. The first-order valence-electron chi connectivity index (χ1n) is 6.48. The fraction of sp³-hybridized carbons (Fsp3) is 0.357. The summed E-state index contributed by atoms with van der Waals surface area (Å²) in [5.74, 6) is -0.282. The second-order valence-electron chi connectivity index (χ2n) is 4.35. The van der Waals surface area contributed by atoms with Crippen LogP contribution in [0.5, 0.6) is 0 Å². The highest BCUT2D eigenvalue weighted by Crippen LogP contribution is 2.14. The van der Waals surface area contributed by atoms with E-state index in [0.29, 0.717) is 5.96 Å². The minimum atomic E-state index is -0.490. The first-order valence-corrected chi connectivity index (χ1v) is 6.48. The van der Waals surface area contributed by atoms with Gasteiger partial charge in [0, 0.05) is 5.69 Å². The van der Waals surface area contributed by atoms with E-state index in [2.05, 4.69) is 10.3 Å². The highest BCUT2D eigenvalue weighted by Gasteiger charge is 2.33. The number of hydrogen-bond donors (Lipinski definition) is 1. The lowest BCUT2D eigenvalue weighted by Gasteiger charge is -2.18. The van der Waals surface area contributed by atoms with E-state index in [1.54, 1.807) is 13.8 Å². The fourth-order valence-electron chi connectivity index (χ4n) is 1.88. The molecule has 0 spiro atoms. The van der Waals surface area contributed by atoms with Gasteiger partial charge >= 0.3 is 5.97 Å². The summed E-state index contributed by atoms with van der Waals surface area (Å²) in [5, 5.41) is 3.05. The summed E-state index contributed by atoms with van der Waals surface area (Å²) in [6.45, 7) is 3.58. The van der Waals surface area contributed by atoms with Gasteiger partial charge in [0.1, 0.15) is 12.6 Å². The molecule has 0 fully saturated rings. The molecule has 1 unspecified atom stereocenters. The maximum Gasteiger partial charge on any atom is 0.326 e. The highest BCUT2D eigenvalue weighted by atomic mass is 16.5. The Morgan fingerprint density at radius 2 is 2.10 bits per heavy atom. The lowest BCUT2D eigenvalue weighted by molar-refractivity contribution is -0.146. The molecule has 1 aliphatic rings. The van der Waals surface area contributed by atoms with Crippen LogP contribution >= 0.6 is 0 Å². The quantitative estimate of drug-likeness (QED) is 0.839. The Kier molecular flexibility index (Phi) is 4.34. The number of nitrogens with one attached hydrogen (secondary N) is 1. The van der Waals surface area contributed by atoms with E-state index in [1.165, 1.54) is 4.90 Å². The molecule has 0 saturated heterocycles. The SMILES string of the molecule is CCOC(=O)CN1C(=O)C(C)N=C1Nc1ccccc1. The number of nitrogens with zero attached hydrogens (tertiary/aromatic N) is 2. The molecule has 1 aliphatic heterocycles. The molecule has 0 aromatic heterocycles. The van der Waals surface area contributed by atoms with Crippen molar-refractivity contribution in [2.24, 2.45) is 4.99 Å². The Hall–Kier alpha value is -2.37. The van der Waals surface area contributed by atoms with Crippen molar-refractivity contribution < 1.29 is 14.3 Å². The molecule has 0 bridgehead atoms. The standard InChI is InChI=1S/C14H17N3O3/c1-3-20-12(18)9-17-13(19)10(2)15-14(17)16-11-7-5-4-6-8-11/h4-8,10H,3,9H2,1-2H3,(H,15,16). The van der Waals surface area contributed by atoms with Gasteiger partial charge in [-0.05, 0) is 26.0 Å². The molecule has 1 aromatic carbocycles. The summed E-state index contributed by atoms with van der Waals surface area (Å²) in [5.41, 5.74) is 0.807. The number of benzene rings is 1. The number of aliphatic imine (C=N–C) groups is 1. The number of anilines is 1. The maximum atomic E-state index is 12.0. The van der Waals surface area contributed by atoms with E-state index < -0.39 is 12.0 Å². The largest absolute Gasteiger partial charge is 0.465 e. The molecule has 6 nitrogen and oxygen atoms in total. The molecular weight excluding hydrogens is 258 g/mol. The highest BCUT2D eigenvalue weighted by molar-refractivity contribution is 6.11. The van der Waals surface area contributed by atoms with Crippen LogP contribution in [-0.2, 0) is 14.3 Å². The van der Waals surface area contributed by atoms with Crippen molar-refractivity contribution in [1.29, 1.82) is 0 Å². The van der Waals surface area contributed by atoms with E-state index in [9.17, 15) is 9.59 Å². The third-order valence-corrected chi connectivity index (χ3v) is 2.82. The molecule has 0 radical (unpaired) electrons.